The highest BCUT2D eigenvalue weighted by Crippen LogP contribution is 2.28. The van der Waals surface area contributed by atoms with E-state index in [9.17, 15) is 9.90 Å². The number of carbonyl (C=O) groups is 1. The number of amides is 2. The van der Waals surface area contributed by atoms with Crippen molar-refractivity contribution < 1.29 is 9.90 Å². The Morgan fingerprint density at radius 2 is 1.96 bits per heavy atom. The van der Waals surface area contributed by atoms with Crippen LogP contribution in [0.25, 0.3) is 10.9 Å². The van der Waals surface area contributed by atoms with Crippen LogP contribution in [0.2, 0.25) is 0 Å². The number of aromatic nitrogens is 1. The summed E-state index contributed by atoms with van der Waals surface area (Å²) in [5, 5.41) is 16.3. The Bertz CT molecular complexity index is 992. The summed E-state index contributed by atoms with van der Waals surface area (Å²) in [4.78, 5) is 12.4. The number of carbonyl (C=O) groups excluding carboxylic acids is 1. The number of nitrogens with zero attached hydrogens (tertiary/aromatic N) is 1. The van der Waals surface area contributed by atoms with Crippen LogP contribution in [0.15, 0.2) is 64.8 Å². The largest absolute Gasteiger partial charge is 0.506 e. The lowest BCUT2D eigenvalue weighted by Gasteiger charge is -2.11. The maximum Gasteiger partial charge on any atom is 0.323 e. The number of aromatic hydroxyl groups is 1. The van der Waals surface area contributed by atoms with Crippen molar-refractivity contribution in [3.05, 3.63) is 64.8 Å². The van der Waals surface area contributed by atoms with Gasteiger partial charge in [-0.1, -0.05) is 33.6 Å². The molecule has 0 bridgehead atoms. The van der Waals surface area contributed by atoms with E-state index in [-0.39, 0.29) is 5.75 Å². The van der Waals surface area contributed by atoms with Crippen LogP contribution in [0.1, 0.15) is 13.8 Å². The fourth-order valence-corrected chi connectivity index (χ4v) is 3.08. The SMILES string of the molecule is C/C=C(\C)Cn1ccc2c(NC(=O)Nc3cc(Br)ccc3O)cccc21. The molecule has 3 aromatic rings. The Hall–Kier alpha value is -2.73. The van der Waals surface area contributed by atoms with Crippen LogP contribution in [0.4, 0.5) is 16.2 Å². The number of halogens is 1. The standard InChI is InChI=1S/C20H20BrN3O2/c1-3-13(2)12-24-10-9-15-16(5-4-6-18(15)24)22-20(26)23-17-11-14(21)7-8-19(17)25/h3-11,25H,12H2,1-2H3,(H2,22,23,26)/b13-3+. The molecule has 0 spiro atoms. The quantitative estimate of drug-likeness (QED) is 0.378. The lowest BCUT2D eigenvalue weighted by molar-refractivity contribution is 0.262. The first-order valence-electron chi connectivity index (χ1n) is 8.24. The van der Waals surface area contributed by atoms with Gasteiger partial charge in [0, 0.05) is 22.6 Å². The summed E-state index contributed by atoms with van der Waals surface area (Å²) >= 11 is 3.32. The maximum absolute atomic E-state index is 12.4. The van der Waals surface area contributed by atoms with Crippen molar-refractivity contribution in [1.29, 1.82) is 0 Å². The Kier molecular flexibility index (Phi) is 5.32. The Balaban J connectivity index is 1.82. The minimum atomic E-state index is -0.414. The minimum absolute atomic E-state index is 0.00883. The van der Waals surface area contributed by atoms with Crippen LogP contribution in [0.3, 0.4) is 0 Å². The number of rotatable bonds is 4. The molecule has 3 rings (SSSR count). The van der Waals surface area contributed by atoms with Crippen LogP contribution >= 0.6 is 15.9 Å². The second kappa shape index (κ2) is 7.66. The maximum atomic E-state index is 12.4. The van der Waals surface area contributed by atoms with Gasteiger partial charge in [0.2, 0.25) is 0 Å². The molecule has 6 heteroatoms. The number of anilines is 2. The molecule has 0 unspecified atom stereocenters. The van der Waals surface area contributed by atoms with E-state index in [4.69, 9.17) is 0 Å². The van der Waals surface area contributed by atoms with E-state index >= 15 is 0 Å². The first kappa shape index (κ1) is 18.1. The molecule has 3 N–H and O–H groups in total. The molecular weight excluding hydrogens is 394 g/mol. The molecule has 0 radical (unpaired) electrons. The van der Waals surface area contributed by atoms with Crippen LogP contribution in [0, 0.1) is 0 Å². The molecule has 2 amide bonds. The first-order valence-corrected chi connectivity index (χ1v) is 9.03. The predicted octanol–water partition coefficient (Wildman–Crippen LogP) is 5.72. The molecule has 2 aromatic carbocycles. The molecule has 0 fully saturated rings. The number of phenolic OH excluding ortho intramolecular Hbond substituents is 1. The summed E-state index contributed by atoms with van der Waals surface area (Å²) in [6.07, 6.45) is 4.10. The van der Waals surface area contributed by atoms with Gasteiger partial charge in [-0.25, -0.2) is 4.79 Å². The van der Waals surface area contributed by atoms with Gasteiger partial charge in [0.05, 0.1) is 16.9 Å². The molecule has 1 aromatic heterocycles. The zero-order valence-electron chi connectivity index (χ0n) is 14.6. The van der Waals surface area contributed by atoms with Crippen molar-refractivity contribution in [2.75, 3.05) is 10.6 Å². The molecular formula is C20H20BrN3O2. The van der Waals surface area contributed by atoms with E-state index in [2.05, 4.69) is 44.1 Å². The highest BCUT2D eigenvalue weighted by Gasteiger charge is 2.11. The van der Waals surface area contributed by atoms with Crippen molar-refractivity contribution in [1.82, 2.24) is 4.57 Å². The molecule has 0 aliphatic rings. The van der Waals surface area contributed by atoms with Gasteiger partial charge in [-0.2, -0.15) is 0 Å². The molecule has 1 heterocycles. The molecule has 0 atom stereocenters. The van der Waals surface area contributed by atoms with Crippen LogP contribution in [0.5, 0.6) is 5.75 Å². The highest BCUT2D eigenvalue weighted by molar-refractivity contribution is 9.10. The lowest BCUT2D eigenvalue weighted by Crippen LogP contribution is -2.19. The predicted molar refractivity (Wildman–Crippen MR) is 110 cm³/mol. The third-order valence-corrected chi connectivity index (χ3v) is 4.67. The van der Waals surface area contributed by atoms with E-state index in [0.29, 0.717) is 11.4 Å². The first-order chi connectivity index (χ1) is 12.5. The Morgan fingerprint density at radius 1 is 1.19 bits per heavy atom. The smallest absolute Gasteiger partial charge is 0.323 e. The molecule has 26 heavy (non-hydrogen) atoms. The molecule has 134 valence electrons. The van der Waals surface area contributed by atoms with E-state index in [1.54, 1.807) is 12.1 Å². The van der Waals surface area contributed by atoms with E-state index in [0.717, 1.165) is 21.9 Å². The van der Waals surface area contributed by atoms with Gasteiger partial charge in [0.1, 0.15) is 5.75 Å². The summed E-state index contributed by atoms with van der Waals surface area (Å²) in [7, 11) is 0. The van der Waals surface area contributed by atoms with Gasteiger partial charge in [-0.05, 0) is 50.2 Å². The van der Waals surface area contributed by atoms with Gasteiger partial charge in [-0.15, -0.1) is 0 Å². The third kappa shape index (κ3) is 3.91. The average Bonchev–Trinajstić information content (AvgIpc) is 3.02. The summed E-state index contributed by atoms with van der Waals surface area (Å²) in [5.41, 5.74) is 3.37. The number of fused-ring (bicyclic) bond motifs is 1. The third-order valence-electron chi connectivity index (χ3n) is 4.18. The van der Waals surface area contributed by atoms with Crippen molar-refractivity contribution >= 4 is 44.2 Å². The molecule has 0 aliphatic heterocycles. The number of hydrogen-bond acceptors (Lipinski definition) is 2. The number of nitrogens with one attached hydrogen (secondary N) is 2. The number of urea groups is 1. The van der Waals surface area contributed by atoms with Crippen molar-refractivity contribution in [2.24, 2.45) is 0 Å². The second-order valence-corrected chi connectivity index (χ2v) is 6.97. The lowest BCUT2D eigenvalue weighted by atomic mass is 10.2. The Labute approximate surface area is 160 Å². The van der Waals surface area contributed by atoms with Crippen molar-refractivity contribution in [3.8, 4) is 5.75 Å². The fourth-order valence-electron chi connectivity index (χ4n) is 2.71. The normalized spacial score (nSPS) is 11.6. The number of phenols is 1. The summed E-state index contributed by atoms with van der Waals surface area (Å²) in [5.74, 6) is 0.00883. The minimum Gasteiger partial charge on any atom is -0.506 e. The number of benzene rings is 2. The van der Waals surface area contributed by atoms with Gasteiger partial charge in [0.15, 0.2) is 0 Å². The zero-order valence-corrected chi connectivity index (χ0v) is 16.2. The zero-order chi connectivity index (χ0) is 18.7. The number of hydrogen-bond donors (Lipinski definition) is 3. The fraction of sp³-hybridized carbons (Fsp3) is 0.150. The molecule has 5 nitrogen and oxygen atoms in total. The Morgan fingerprint density at radius 3 is 2.73 bits per heavy atom. The monoisotopic (exact) mass is 413 g/mol. The van der Waals surface area contributed by atoms with Gasteiger partial charge in [-0.3, -0.25) is 0 Å². The van der Waals surface area contributed by atoms with Gasteiger partial charge >= 0.3 is 6.03 Å². The van der Waals surface area contributed by atoms with Crippen molar-refractivity contribution in [3.63, 3.8) is 0 Å². The topological polar surface area (TPSA) is 66.3 Å². The second-order valence-electron chi connectivity index (χ2n) is 6.06. The summed E-state index contributed by atoms with van der Waals surface area (Å²) in [6, 6.07) is 12.2. The van der Waals surface area contributed by atoms with Crippen LogP contribution < -0.4 is 10.6 Å². The molecule has 0 saturated heterocycles. The summed E-state index contributed by atoms with van der Waals surface area (Å²) in [6.45, 7) is 4.92. The number of allylic oxidation sites excluding steroid dienone is 2. The van der Waals surface area contributed by atoms with E-state index in [1.165, 1.54) is 11.6 Å². The van der Waals surface area contributed by atoms with Crippen LogP contribution in [-0.4, -0.2) is 15.7 Å². The van der Waals surface area contributed by atoms with Gasteiger partial charge in [0.25, 0.3) is 0 Å². The van der Waals surface area contributed by atoms with E-state index in [1.807, 2.05) is 37.4 Å². The van der Waals surface area contributed by atoms with Crippen molar-refractivity contribution in [2.45, 2.75) is 20.4 Å². The highest BCUT2D eigenvalue weighted by atomic mass is 79.9. The van der Waals surface area contributed by atoms with Gasteiger partial charge < -0.3 is 20.3 Å². The molecule has 0 saturated carbocycles. The molecule has 0 aliphatic carbocycles. The summed E-state index contributed by atoms with van der Waals surface area (Å²) < 4.78 is 2.91. The van der Waals surface area contributed by atoms with Crippen LogP contribution in [-0.2, 0) is 6.54 Å². The average molecular weight is 414 g/mol. The van der Waals surface area contributed by atoms with E-state index < -0.39 is 6.03 Å².